The summed E-state index contributed by atoms with van der Waals surface area (Å²) < 4.78 is 6.42. The molecule has 2 aromatic heterocycles. The Labute approximate surface area is 92.3 Å². The number of methoxy groups -OCH3 is 1. The summed E-state index contributed by atoms with van der Waals surface area (Å²) in [7, 11) is 1.34. The van der Waals surface area contributed by atoms with Gasteiger partial charge in [-0.1, -0.05) is 0 Å². The van der Waals surface area contributed by atoms with E-state index in [9.17, 15) is 4.79 Å². The Balaban J connectivity index is 2.54. The normalized spacial score (nSPS) is 10.6. The van der Waals surface area contributed by atoms with Crippen molar-refractivity contribution in [2.45, 2.75) is 6.42 Å². The van der Waals surface area contributed by atoms with E-state index in [-0.39, 0.29) is 6.61 Å². The van der Waals surface area contributed by atoms with Crippen LogP contribution < -0.4 is 0 Å². The number of fused-ring (bicyclic) bond motifs is 1. The van der Waals surface area contributed by atoms with Crippen LogP contribution in [0.2, 0.25) is 0 Å². The molecule has 0 aliphatic rings. The Morgan fingerprint density at radius 2 is 2.44 bits per heavy atom. The van der Waals surface area contributed by atoms with Gasteiger partial charge in [0.2, 0.25) is 0 Å². The second-order valence-electron chi connectivity index (χ2n) is 3.35. The number of nitrogens with zero attached hydrogens (tertiary/aromatic N) is 2. The van der Waals surface area contributed by atoms with Crippen molar-refractivity contribution in [3.05, 3.63) is 35.8 Å². The first-order chi connectivity index (χ1) is 7.76. The highest BCUT2D eigenvalue weighted by molar-refractivity contribution is 5.95. The quantitative estimate of drug-likeness (QED) is 0.771. The van der Waals surface area contributed by atoms with Gasteiger partial charge in [0, 0.05) is 25.4 Å². The summed E-state index contributed by atoms with van der Waals surface area (Å²) in [6, 6.07) is 3.42. The molecule has 1 N–H and O–H groups in total. The molecule has 0 aliphatic carbocycles. The maximum atomic E-state index is 11.5. The minimum Gasteiger partial charge on any atom is -0.465 e. The number of esters is 1. The number of hydrogen-bond donors (Lipinski definition) is 1. The molecule has 5 heteroatoms. The first kappa shape index (κ1) is 10.6. The van der Waals surface area contributed by atoms with Gasteiger partial charge in [-0.2, -0.15) is 0 Å². The summed E-state index contributed by atoms with van der Waals surface area (Å²) in [6.07, 6.45) is 4.07. The van der Waals surface area contributed by atoms with Crippen LogP contribution in [0.15, 0.2) is 24.5 Å². The van der Waals surface area contributed by atoms with Crippen molar-refractivity contribution in [1.82, 2.24) is 9.38 Å². The molecule has 2 aromatic rings. The molecule has 0 bridgehead atoms. The molecule has 2 rings (SSSR count). The number of aliphatic hydroxyl groups is 1. The number of hydrogen-bond acceptors (Lipinski definition) is 4. The maximum Gasteiger partial charge on any atom is 0.341 e. The van der Waals surface area contributed by atoms with E-state index in [4.69, 9.17) is 5.11 Å². The van der Waals surface area contributed by atoms with Gasteiger partial charge < -0.3 is 14.2 Å². The van der Waals surface area contributed by atoms with E-state index in [2.05, 4.69) is 9.72 Å². The SMILES string of the molecule is COC(=O)c1cccn2cc(CCO)nc12. The summed E-state index contributed by atoms with van der Waals surface area (Å²) in [5.41, 5.74) is 1.73. The summed E-state index contributed by atoms with van der Waals surface area (Å²) >= 11 is 0. The zero-order valence-corrected chi connectivity index (χ0v) is 8.88. The van der Waals surface area contributed by atoms with E-state index in [1.54, 1.807) is 28.9 Å². The fourth-order valence-electron chi connectivity index (χ4n) is 1.57. The lowest BCUT2D eigenvalue weighted by Gasteiger charge is -2.00. The molecule has 0 aromatic carbocycles. The van der Waals surface area contributed by atoms with Crippen LogP contribution in [0.4, 0.5) is 0 Å². The average Bonchev–Trinajstić information content (AvgIpc) is 2.70. The van der Waals surface area contributed by atoms with E-state index >= 15 is 0 Å². The Hall–Kier alpha value is -1.88. The molecule has 0 radical (unpaired) electrons. The smallest absolute Gasteiger partial charge is 0.341 e. The number of pyridine rings is 1. The molecule has 0 spiro atoms. The zero-order chi connectivity index (χ0) is 11.5. The molecule has 16 heavy (non-hydrogen) atoms. The van der Waals surface area contributed by atoms with E-state index < -0.39 is 5.97 Å². The van der Waals surface area contributed by atoms with E-state index in [1.165, 1.54) is 7.11 Å². The van der Waals surface area contributed by atoms with Gasteiger partial charge in [0.15, 0.2) is 5.65 Å². The van der Waals surface area contributed by atoms with Gasteiger partial charge in [0.25, 0.3) is 0 Å². The fourth-order valence-corrected chi connectivity index (χ4v) is 1.57. The second kappa shape index (κ2) is 4.32. The summed E-state index contributed by atoms with van der Waals surface area (Å²) in [4.78, 5) is 15.7. The highest BCUT2D eigenvalue weighted by atomic mass is 16.5. The van der Waals surface area contributed by atoms with Gasteiger partial charge in [0.05, 0.1) is 12.8 Å². The fraction of sp³-hybridized carbons (Fsp3) is 0.273. The van der Waals surface area contributed by atoms with Crippen LogP contribution in [-0.4, -0.2) is 34.2 Å². The lowest BCUT2D eigenvalue weighted by Crippen LogP contribution is -2.03. The molecule has 0 amide bonds. The number of ether oxygens (including phenoxy) is 1. The number of carbonyl (C=O) groups excluding carboxylic acids is 1. The molecular formula is C11H12N2O3. The van der Waals surface area contributed by atoms with Crippen molar-refractivity contribution in [2.24, 2.45) is 0 Å². The summed E-state index contributed by atoms with van der Waals surface area (Å²) in [5, 5.41) is 8.83. The standard InChI is InChI=1S/C11H12N2O3/c1-16-11(15)9-3-2-5-13-7-8(4-6-14)12-10(9)13/h2-3,5,7,14H,4,6H2,1H3. The first-order valence-electron chi connectivity index (χ1n) is 4.92. The van der Waals surface area contributed by atoms with Crippen LogP contribution in [0.25, 0.3) is 5.65 Å². The highest BCUT2D eigenvalue weighted by Crippen LogP contribution is 2.12. The monoisotopic (exact) mass is 220 g/mol. The Kier molecular flexibility index (Phi) is 2.87. The van der Waals surface area contributed by atoms with Crippen LogP contribution in [0, 0.1) is 0 Å². The number of aromatic nitrogens is 2. The minimum atomic E-state index is -0.410. The Morgan fingerprint density at radius 3 is 3.12 bits per heavy atom. The first-order valence-corrected chi connectivity index (χ1v) is 4.92. The molecular weight excluding hydrogens is 208 g/mol. The zero-order valence-electron chi connectivity index (χ0n) is 8.88. The van der Waals surface area contributed by atoms with Crippen LogP contribution in [-0.2, 0) is 11.2 Å². The molecule has 0 saturated carbocycles. The number of imidazole rings is 1. The predicted octanol–water partition coefficient (Wildman–Crippen LogP) is 0.656. The largest absolute Gasteiger partial charge is 0.465 e. The molecule has 5 nitrogen and oxygen atoms in total. The molecule has 0 aliphatic heterocycles. The van der Waals surface area contributed by atoms with Gasteiger partial charge in [-0.15, -0.1) is 0 Å². The lowest BCUT2D eigenvalue weighted by molar-refractivity contribution is 0.0602. The van der Waals surface area contributed by atoms with Crippen molar-refractivity contribution >= 4 is 11.6 Å². The van der Waals surface area contributed by atoms with Gasteiger partial charge >= 0.3 is 5.97 Å². The third kappa shape index (κ3) is 1.77. The summed E-state index contributed by atoms with van der Waals surface area (Å²) in [6.45, 7) is 0.0391. The molecule has 0 saturated heterocycles. The van der Waals surface area contributed by atoms with Crippen molar-refractivity contribution in [3.63, 3.8) is 0 Å². The minimum absolute atomic E-state index is 0.0391. The maximum absolute atomic E-state index is 11.5. The van der Waals surface area contributed by atoms with E-state index in [0.717, 1.165) is 5.69 Å². The van der Waals surface area contributed by atoms with E-state index in [1.807, 2.05) is 0 Å². The highest BCUT2D eigenvalue weighted by Gasteiger charge is 2.12. The molecule has 0 atom stereocenters. The van der Waals surface area contributed by atoms with Crippen LogP contribution >= 0.6 is 0 Å². The molecule has 0 fully saturated rings. The van der Waals surface area contributed by atoms with Crippen molar-refractivity contribution < 1.29 is 14.6 Å². The lowest BCUT2D eigenvalue weighted by atomic mass is 10.3. The van der Waals surface area contributed by atoms with Gasteiger partial charge in [-0.25, -0.2) is 9.78 Å². The number of aliphatic hydroxyl groups excluding tert-OH is 1. The topological polar surface area (TPSA) is 63.8 Å². The third-order valence-corrected chi connectivity index (χ3v) is 2.31. The Morgan fingerprint density at radius 1 is 1.62 bits per heavy atom. The molecule has 84 valence electrons. The van der Waals surface area contributed by atoms with E-state index in [0.29, 0.717) is 17.6 Å². The number of rotatable bonds is 3. The number of carbonyl (C=O) groups is 1. The third-order valence-electron chi connectivity index (χ3n) is 2.31. The van der Waals surface area contributed by atoms with Crippen molar-refractivity contribution in [2.75, 3.05) is 13.7 Å². The average molecular weight is 220 g/mol. The molecule has 0 unspecified atom stereocenters. The predicted molar refractivity (Wildman–Crippen MR) is 57.3 cm³/mol. The van der Waals surface area contributed by atoms with Crippen LogP contribution in [0.1, 0.15) is 16.1 Å². The van der Waals surface area contributed by atoms with Gasteiger partial charge in [0.1, 0.15) is 5.56 Å². The van der Waals surface area contributed by atoms with Crippen molar-refractivity contribution in [1.29, 1.82) is 0 Å². The van der Waals surface area contributed by atoms with Crippen molar-refractivity contribution in [3.8, 4) is 0 Å². The Bertz CT molecular complexity index is 519. The van der Waals surface area contributed by atoms with Crippen LogP contribution in [0.5, 0.6) is 0 Å². The van der Waals surface area contributed by atoms with Crippen LogP contribution in [0.3, 0.4) is 0 Å². The molecule has 2 heterocycles. The second-order valence-corrected chi connectivity index (χ2v) is 3.35. The van der Waals surface area contributed by atoms with Gasteiger partial charge in [-0.3, -0.25) is 0 Å². The summed E-state index contributed by atoms with van der Waals surface area (Å²) in [5.74, 6) is -0.410. The van der Waals surface area contributed by atoms with Gasteiger partial charge in [-0.05, 0) is 12.1 Å².